The topological polar surface area (TPSA) is 73.6 Å². The molecule has 2 aromatic carbocycles. The maximum atomic E-state index is 10.8. The van der Waals surface area contributed by atoms with E-state index in [-0.39, 0.29) is 17.8 Å². The van der Waals surface area contributed by atoms with Crippen molar-refractivity contribution in [1.29, 1.82) is 0 Å². The summed E-state index contributed by atoms with van der Waals surface area (Å²) in [4.78, 5) is 10.4. The molecular formula is C20H25BrN2O4. The summed E-state index contributed by atoms with van der Waals surface area (Å²) in [5.41, 5.74) is 1.87. The van der Waals surface area contributed by atoms with Crippen molar-refractivity contribution in [3.05, 3.63) is 62.1 Å². The molecule has 0 amide bonds. The summed E-state index contributed by atoms with van der Waals surface area (Å²) in [6.45, 7) is 7.35. The number of methoxy groups -OCH3 is 1. The number of ether oxygens (including phenoxy) is 2. The number of nitrogens with one attached hydrogen (secondary N) is 1. The standard InChI is InChI=1S/C20H25BrN2O4/c1-5-20(2,3)22-12-16-17(21)10-11-18(26-4)19(16)27-13-14-6-8-15(9-7-14)23(24)25/h6-11,22H,5,12-13H2,1-4H3. The zero-order valence-electron chi connectivity index (χ0n) is 16.0. The van der Waals surface area contributed by atoms with Crippen LogP contribution in [0.25, 0.3) is 0 Å². The zero-order chi connectivity index (χ0) is 20.0. The molecule has 0 atom stereocenters. The van der Waals surface area contributed by atoms with Gasteiger partial charge >= 0.3 is 0 Å². The van der Waals surface area contributed by atoms with Crippen LogP contribution in [0.4, 0.5) is 5.69 Å². The molecule has 0 bridgehead atoms. The van der Waals surface area contributed by atoms with Gasteiger partial charge in [0, 0.05) is 34.3 Å². The van der Waals surface area contributed by atoms with Gasteiger partial charge in [0.15, 0.2) is 11.5 Å². The summed E-state index contributed by atoms with van der Waals surface area (Å²) in [6, 6.07) is 10.1. The lowest BCUT2D eigenvalue weighted by Crippen LogP contribution is -2.38. The third-order valence-electron chi connectivity index (χ3n) is 4.55. The first-order chi connectivity index (χ1) is 12.8. The highest BCUT2D eigenvalue weighted by atomic mass is 79.9. The monoisotopic (exact) mass is 436 g/mol. The number of benzene rings is 2. The van der Waals surface area contributed by atoms with Gasteiger partial charge in [0.1, 0.15) is 6.61 Å². The fourth-order valence-electron chi connectivity index (χ4n) is 2.39. The molecule has 0 aliphatic heterocycles. The van der Waals surface area contributed by atoms with E-state index in [4.69, 9.17) is 9.47 Å². The number of nitro benzene ring substituents is 1. The third kappa shape index (κ3) is 5.68. The predicted octanol–water partition coefficient (Wildman–Crippen LogP) is 5.22. The van der Waals surface area contributed by atoms with Crippen LogP contribution in [0.1, 0.15) is 38.3 Å². The largest absolute Gasteiger partial charge is 0.493 e. The second kappa shape index (κ2) is 9.19. The second-order valence-corrected chi connectivity index (χ2v) is 7.71. The van der Waals surface area contributed by atoms with Crippen molar-refractivity contribution in [1.82, 2.24) is 5.32 Å². The van der Waals surface area contributed by atoms with Crippen molar-refractivity contribution in [3.63, 3.8) is 0 Å². The first-order valence-electron chi connectivity index (χ1n) is 8.74. The summed E-state index contributed by atoms with van der Waals surface area (Å²) in [6.07, 6.45) is 0.994. The minimum absolute atomic E-state index is 0.00183. The van der Waals surface area contributed by atoms with E-state index in [1.54, 1.807) is 19.2 Å². The van der Waals surface area contributed by atoms with Crippen molar-refractivity contribution in [2.24, 2.45) is 0 Å². The Morgan fingerprint density at radius 2 is 1.85 bits per heavy atom. The molecule has 0 unspecified atom stereocenters. The summed E-state index contributed by atoms with van der Waals surface area (Å²) in [5.74, 6) is 1.30. The Balaban J connectivity index is 2.23. The lowest BCUT2D eigenvalue weighted by Gasteiger charge is -2.26. The highest BCUT2D eigenvalue weighted by Crippen LogP contribution is 2.37. The number of nitrogens with zero attached hydrogens (tertiary/aromatic N) is 1. The smallest absolute Gasteiger partial charge is 0.269 e. The van der Waals surface area contributed by atoms with E-state index in [1.807, 2.05) is 12.1 Å². The van der Waals surface area contributed by atoms with Crippen LogP contribution >= 0.6 is 15.9 Å². The molecule has 0 saturated heterocycles. The molecule has 0 aliphatic rings. The Bertz CT molecular complexity index is 791. The Kier molecular flexibility index (Phi) is 7.21. The number of nitro groups is 1. The maximum absolute atomic E-state index is 10.8. The Morgan fingerprint density at radius 1 is 1.19 bits per heavy atom. The van der Waals surface area contributed by atoms with E-state index < -0.39 is 4.92 Å². The van der Waals surface area contributed by atoms with Gasteiger partial charge in [-0.25, -0.2) is 0 Å². The number of rotatable bonds is 9. The molecule has 6 nitrogen and oxygen atoms in total. The first kappa shape index (κ1) is 21.2. The lowest BCUT2D eigenvalue weighted by molar-refractivity contribution is -0.384. The van der Waals surface area contributed by atoms with Crippen LogP contribution in [-0.4, -0.2) is 17.6 Å². The van der Waals surface area contributed by atoms with Gasteiger partial charge in [-0.1, -0.05) is 22.9 Å². The zero-order valence-corrected chi connectivity index (χ0v) is 17.6. The van der Waals surface area contributed by atoms with E-state index in [2.05, 4.69) is 42.0 Å². The van der Waals surface area contributed by atoms with Gasteiger partial charge in [0.2, 0.25) is 0 Å². The van der Waals surface area contributed by atoms with Crippen LogP contribution in [0, 0.1) is 10.1 Å². The normalized spacial score (nSPS) is 11.3. The van der Waals surface area contributed by atoms with Crippen LogP contribution < -0.4 is 14.8 Å². The second-order valence-electron chi connectivity index (χ2n) is 6.86. The number of halogens is 1. The highest BCUT2D eigenvalue weighted by molar-refractivity contribution is 9.10. The summed E-state index contributed by atoms with van der Waals surface area (Å²) >= 11 is 3.60. The number of hydrogen-bond donors (Lipinski definition) is 1. The Hall–Kier alpha value is -2.12. The van der Waals surface area contributed by atoms with E-state index in [0.29, 0.717) is 18.0 Å². The van der Waals surface area contributed by atoms with Crippen molar-refractivity contribution in [2.45, 2.75) is 45.9 Å². The van der Waals surface area contributed by atoms with Crippen LogP contribution in [-0.2, 0) is 13.2 Å². The maximum Gasteiger partial charge on any atom is 0.269 e. The van der Waals surface area contributed by atoms with Crippen LogP contribution in [0.3, 0.4) is 0 Å². The highest BCUT2D eigenvalue weighted by Gasteiger charge is 2.19. The molecule has 27 heavy (non-hydrogen) atoms. The molecule has 0 fully saturated rings. The molecule has 7 heteroatoms. The van der Waals surface area contributed by atoms with Crippen molar-refractivity contribution in [2.75, 3.05) is 7.11 Å². The van der Waals surface area contributed by atoms with Crippen LogP contribution in [0.2, 0.25) is 0 Å². The average Bonchev–Trinajstić information content (AvgIpc) is 2.65. The molecule has 0 aromatic heterocycles. The first-order valence-corrected chi connectivity index (χ1v) is 9.53. The Morgan fingerprint density at radius 3 is 2.41 bits per heavy atom. The van der Waals surface area contributed by atoms with Gasteiger partial charge in [-0.05, 0) is 50.1 Å². The Labute approximate surface area is 168 Å². The van der Waals surface area contributed by atoms with Crippen molar-refractivity contribution in [3.8, 4) is 11.5 Å². The van der Waals surface area contributed by atoms with Crippen molar-refractivity contribution < 1.29 is 14.4 Å². The van der Waals surface area contributed by atoms with Crippen molar-refractivity contribution >= 4 is 21.6 Å². The van der Waals surface area contributed by atoms with Gasteiger partial charge in [0.05, 0.1) is 12.0 Å². The molecule has 0 saturated carbocycles. The quantitative estimate of drug-likeness (QED) is 0.430. The summed E-state index contributed by atoms with van der Waals surface area (Å²) in [7, 11) is 1.61. The molecule has 0 aliphatic carbocycles. The minimum Gasteiger partial charge on any atom is -0.493 e. The van der Waals surface area contributed by atoms with Gasteiger partial charge in [0.25, 0.3) is 5.69 Å². The minimum atomic E-state index is -0.415. The van der Waals surface area contributed by atoms with Gasteiger partial charge < -0.3 is 14.8 Å². The fraction of sp³-hybridized carbons (Fsp3) is 0.400. The summed E-state index contributed by atoms with van der Waals surface area (Å²) < 4.78 is 12.5. The number of hydrogen-bond acceptors (Lipinski definition) is 5. The van der Waals surface area contributed by atoms with Gasteiger partial charge in [-0.15, -0.1) is 0 Å². The molecular weight excluding hydrogens is 412 g/mol. The van der Waals surface area contributed by atoms with E-state index >= 15 is 0 Å². The molecule has 0 radical (unpaired) electrons. The molecule has 0 spiro atoms. The van der Waals surface area contributed by atoms with Crippen LogP contribution in [0.5, 0.6) is 11.5 Å². The van der Waals surface area contributed by atoms with Crippen LogP contribution in [0.15, 0.2) is 40.9 Å². The molecule has 2 rings (SSSR count). The molecule has 1 N–H and O–H groups in total. The third-order valence-corrected chi connectivity index (χ3v) is 5.29. The van der Waals surface area contributed by atoms with E-state index in [1.165, 1.54) is 12.1 Å². The molecule has 2 aromatic rings. The average molecular weight is 437 g/mol. The number of non-ortho nitro benzene ring substituents is 1. The molecule has 146 valence electrons. The van der Waals surface area contributed by atoms with E-state index in [0.717, 1.165) is 22.0 Å². The molecule has 0 heterocycles. The van der Waals surface area contributed by atoms with Gasteiger partial charge in [-0.2, -0.15) is 0 Å². The van der Waals surface area contributed by atoms with Gasteiger partial charge in [-0.3, -0.25) is 10.1 Å². The van der Waals surface area contributed by atoms with E-state index in [9.17, 15) is 10.1 Å². The predicted molar refractivity (Wildman–Crippen MR) is 109 cm³/mol. The summed E-state index contributed by atoms with van der Waals surface area (Å²) in [5, 5.41) is 14.3. The fourth-order valence-corrected chi connectivity index (χ4v) is 2.84. The SMILES string of the molecule is CCC(C)(C)NCc1c(Br)ccc(OC)c1OCc1ccc([N+](=O)[O-])cc1. The lowest BCUT2D eigenvalue weighted by atomic mass is 10.0.